The van der Waals surface area contributed by atoms with Gasteiger partial charge in [-0.2, -0.15) is 0 Å². The largest absolute Gasteiger partial charge is 0.465 e. The summed E-state index contributed by atoms with van der Waals surface area (Å²) in [6.45, 7) is 5.27. The van der Waals surface area contributed by atoms with E-state index in [-0.39, 0.29) is 31.7 Å². The maximum absolute atomic E-state index is 11.4. The zero-order valence-electron chi connectivity index (χ0n) is 9.12. The third-order valence-electron chi connectivity index (χ3n) is 2.40. The van der Waals surface area contributed by atoms with Gasteiger partial charge in [0.2, 0.25) is 0 Å². The predicted octanol–water partition coefficient (Wildman–Crippen LogP) is 0.567. The van der Waals surface area contributed by atoms with Gasteiger partial charge in [0, 0.05) is 5.92 Å². The van der Waals surface area contributed by atoms with Gasteiger partial charge in [0.05, 0.1) is 25.2 Å². The first-order chi connectivity index (χ1) is 6.47. The van der Waals surface area contributed by atoms with Gasteiger partial charge >= 0.3 is 5.97 Å². The quantitative estimate of drug-likeness (QED) is 0.621. The number of aliphatic hydroxyl groups excluding tert-OH is 2. The van der Waals surface area contributed by atoms with Crippen molar-refractivity contribution in [2.24, 2.45) is 11.3 Å². The van der Waals surface area contributed by atoms with Crippen molar-refractivity contribution >= 4 is 5.97 Å². The lowest BCUT2D eigenvalue weighted by Gasteiger charge is -2.21. The molecule has 0 aliphatic carbocycles. The molecule has 0 saturated carbocycles. The van der Waals surface area contributed by atoms with E-state index in [0.29, 0.717) is 6.42 Å². The molecule has 0 aromatic heterocycles. The molecular weight excluding hydrogens is 184 g/mol. The van der Waals surface area contributed by atoms with Crippen molar-refractivity contribution in [2.45, 2.75) is 27.2 Å². The van der Waals surface area contributed by atoms with Crippen LogP contribution >= 0.6 is 0 Å². The Labute approximate surface area is 84.9 Å². The average molecular weight is 204 g/mol. The number of carbonyl (C=O) groups excluding carboxylic acids is 1. The van der Waals surface area contributed by atoms with Crippen molar-refractivity contribution < 1.29 is 19.7 Å². The lowest BCUT2D eigenvalue weighted by molar-refractivity contribution is -0.156. The van der Waals surface area contributed by atoms with Crippen LogP contribution in [0, 0.1) is 11.3 Å². The SMILES string of the molecule is CCC(C)(C)C(=O)OCC(CO)CO. The van der Waals surface area contributed by atoms with E-state index in [9.17, 15) is 4.79 Å². The summed E-state index contributed by atoms with van der Waals surface area (Å²) in [6, 6.07) is 0. The van der Waals surface area contributed by atoms with Crippen LogP contribution in [-0.4, -0.2) is 36.0 Å². The molecule has 0 aliphatic heterocycles. The van der Waals surface area contributed by atoms with Gasteiger partial charge in [-0.15, -0.1) is 0 Å². The third-order valence-corrected chi connectivity index (χ3v) is 2.40. The van der Waals surface area contributed by atoms with Crippen molar-refractivity contribution in [1.82, 2.24) is 0 Å². The molecule has 0 heterocycles. The van der Waals surface area contributed by atoms with Gasteiger partial charge in [-0.05, 0) is 20.3 Å². The zero-order valence-corrected chi connectivity index (χ0v) is 9.12. The van der Waals surface area contributed by atoms with Crippen molar-refractivity contribution in [3.05, 3.63) is 0 Å². The second kappa shape index (κ2) is 5.98. The minimum Gasteiger partial charge on any atom is -0.465 e. The van der Waals surface area contributed by atoms with Crippen molar-refractivity contribution in [3.8, 4) is 0 Å². The second-order valence-electron chi connectivity index (χ2n) is 4.07. The molecule has 0 aromatic rings. The van der Waals surface area contributed by atoms with Crippen LogP contribution in [-0.2, 0) is 9.53 Å². The lowest BCUT2D eigenvalue weighted by atomic mass is 9.91. The van der Waals surface area contributed by atoms with Gasteiger partial charge in [0.25, 0.3) is 0 Å². The molecule has 4 nitrogen and oxygen atoms in total. The fraction of sp³-hybridized carbons (Fsp3) is 0.900. The zero-order chi connectivity index (χ0) is 11.2. The van der Waals surface area contributed by atoms with Crippen molar-refractivity contribution in [3.63, 3.8) is 0 Å². The Balaban J connectivity index is 3.95. The Hall–Kier alpha value is -0.610. The molecule has 4 heteroatoms. The van der Waals surface area contributed by atoms with Gasteiger partial charge < -0.3 is 14.9 Å². The first kappa shape index (κ1) is 13.4. The summed E-state index contributed by atoms with van der Waals surface area (Å²) in [5, 5.41) is 17.5. The topological polar surface area (TPSA) is 66.8 Å². The molecule has 0 aliphatic rings. The molecular formula is C10H20O4. The van der Waals surface area contributed by atoms with Gasteiger partial charge in [-0.1, -0.05) is 6.92 Å². The fourth-order valence-electron chi connectivity index (χ4n) is 0.696. The average Bonchev–Trinajstić information content (AvgIpc) is 2.19. The Morgan fingerprint density at radius 2 is 1.86 bits per heavy atom. The predicted molar refractivity (Wildman–Crippen MR) is 52.7 cm³/mol. The number of hydrogen-bond donors (Lipinski definition) is 2. The Morgan fingerprint density at radius 1 is 1.36 bits per heavy atom. The van der Waals surface area contributed by atoms with Crippen LogP contribution in [0.4, 0.5) is 0 Å². The molecule has 2 N–H and O–H groups in total. The molecule has 0 amide bonds. The van der Waals surface area contributed by atoms with Crippen molar-refractivity contribution in [2.75, 3.05) is 19.8 Å². The molecule has 0 fully saturated rings. The number of hydrogen-bond acceptors (Lipinski definition) is 4. The van der Waals surface area contributed by atoms with E-state index in [1.54, 1.807) is 0 Å². The van der Waals surface area contributed by atoms with Crippen LogP contribution < -0.4 is 0 Å². The highest BCUT2D eigenvalue weighted by Crippen LogP contribution is 2.21. The van der Waals surface area contributed by atoms with Crippen LogP contribution in [0.2, 0.25) is 0 Å². The highest BCUT2D eigenvalue weighted by atomic mass is 16.5. The Morgan fingerprint density at radius 3 is 2.21 bits per heavy atom. The summed E-state index contributed by atoms with van der Waals surface area (Å²) in [5.74, 6) is -0.654. The number of aliphatic hydroxyl groups is 2. The molecule has 0 spiro atoms. The molecule has 0 saturated heterocycles. The molecule has 0 aromatic carbocycles. The minimum absolute atomic E-state index is 0.0786. The van der Waals surface area contributed by atoms with E-state index in [2.05, 4.69) is 0 Å². The Bertz CT molecular complexity index is 173. The molecule has 84 valence electrons. The fourth-order valence-corrected chi connectivity index (χ4v) is 0.696. The molecule has 0 unspecified atom stereocenters. The summed E-state index contributed by atoms with van der Waals surface area (Å²) in [6.07, 6.45) is 0.703. The first-order valence-corrected chi connectivity index (χ1v) is 4.86. The summed E-state index contributed by atoms with van der Waals surface area (Å²) < 4.78 is 4.98. The van der Waals surface area contributed by atoms with Crippen LogP contribution in [0.1, 0.15) is 27.2 Å². The van der Waals surface area contributed by atoms with Crippen LogP contribution in [0.5, 0.6) is 0 Å². The van der Waals surface area contributed by atoms with Crippen LogP contribution in [0.25, 0.3) is 0 Å². The molecule has 14 heavy (non-hydrogen) atoms. The van der Waals surface area contributed by atoms with Crippen LogP contribution in [0.3, 0.4) is 0 Å². The normalized spacial score (nSPS) is 11.9. The molecule has 0 atom stereocenters. The smallest absolute Gasteiger partial charge is 0.311 e. The first-order valence-electron chi connectivity index (χ1n) is 4.86. The molecule has 0 radical (unpaired) electrons. The Kier molecular flexibility index (Phi) is 5.72. The number of carbonyl (C=O) groups is 1. The van der Waals surface area contributed by atoms with Crippen LogP contribution in [0.15, 0.2) is 0 Å². The monoisotopic (exact) mass is 204 g/mol. The van der Waals surface area contributed by atoms with Gasteiger partial charge in [-0.3, -0.25) is 4.79 Å². The van der Waals surface area contributed by atoms with E-state index >= 15 is 0 Å². The van der Waals surface area contributed by atoms with Gasteiger partial charge in [-0.25, -0.2) is 0 Å². The minimum atomic E-state index is -0.491. The van der Waals surface area contributed by atoms with E-state index in [1.807, 2.05) is 20.8 Å². The van der Waals surface area contributed by atoms with Crippen molar-refractivity contribution in [1.29, 1.82) is 0 Å². The standard InChI is InChI=1S/C10H20O4/c1-4-10(2,3)9(13)14-7-8(5-11)6-12/h8,11-12H,4-7H2,1-3H3. The second-order valence-corrected chi connectivity index (χ2v) is 4.07. The number of esters is 1. The molecule has 0 rings (SSSR count). The maximum Gasteiger partial charge on any atom is 0.311 e. The summed E-state index contributed by atoms with van der Waals surface area (Å²) in [5.41, 5.74) is -0.491. The van der Waals surface area contributed by atoms with E-state index in [4.69, 9.17) is 14.9 Å². The van der Waals surface area contributed by atoms with E-state index in [0.717, 1.165) is 0 Å². The summed E-state index contributed by atoms with van der Waals surface area (Å²) in [7, 11) is 0. The number of rotatable bonds is 6. The van der Waals surface area contributed by atoms with E-state index in [1.165, 1.54) is 0 Å². The summed E-state index contributed by atoms with van der Waals surface area (Å²) in [4.78, 5) is 11.4. The highest BCUT2D eigenvalue weighted by Gasteiger charge is 2.27. The van der Waals surface area contributed by atoms with Gasteiger partial charge in [0.1, 0.15) is 0 Å². The number of ether oxygens (including phenoxy) is 1. The molecule has 0 bridgehead atoms. The highest BCUT2D eigenvalue weighted by molar-refractivity contribution is 5.75. The third kappa shape index (κ3) is 4.07. The van der Waals surface area contributed by atoms with E-state index < -0.39 is 5.41 Å². The lowest BCUT2D eigenvalue weighted by Crippen LogP contribution is -2.29. The summed E-state index contributed by atoms with van der Waals surface area (Å²) >= 11 is 0. The maximum atomic E-state index is 11.4. The van der Waals surface area contributed by atoms with Gasteiger partial charge in [0.15, 0.2) is 0 Å².